The van der Waals surface area contributed by atoms with Gasteiger partial charge >= 0.3 is 0 Å². The summed E-state index contributed by atoms with van der Waals surface area (Å²) >= 11 is 0. The molecule has 0 radical (unpaired) electrons. The topological polar surface area (TPSA) is 40.5 Å². The molecule has 2 aromatic carbocycles. The van der Waals surface area contributed by atoms with E-state index in [2.05, 4.69) is 74.4 Å². The normalized spacial score (nSPS) is 13.7. The third-order valence-electron chi connectivity index (χ3n) is 5.51. The first-order valence-electron chi connectivity index (χ1n) is 9.88. The molecule has 0 spiro atoms. The van der Waals surface area contributed by atoms with Crippen LogP contribution in [0.25, 0.3) is 0 Å². The second-order valence-corrected chi connectivity index (χ2v) is 10.1. The van der Waals surface area contributed by atoms with Crippen LogP contribution in [0.2, 0.25) is 0 Å². The van der Waals surface area contributed by atoms with Crippen LogP contribution < -0.4 is 0 Å². The lowest BCUT2D eigenvalue weighted by Crippen LogP contribution is -2.14. The average molecular weight is 369 g/mol. The van der Waals surface area contributed by atoms with Gasteiger partial charge in [0.2, 0.25) is 0 Å². The van der Waals surface area contributed by atoms with Gasteiger partial charge in [0.15, 0.2) is 0 Å². The van der Waals surface area contributed by atoms with Crippen LogP contribution in [0, 0.1) is 13.8 Å². The zero-order chi connectivity index (χ0) is 20.7. The lowest BCUT2D eigenvalue weighted by atomic mass is 9.80. The molecule has 2 heteroatoms. The molecule has 0 fully saturated rings. The highest BCUT2D eigenvalue weighted by atomic mass is 16.3. The molecular formula is C25H36O2. The summed E-state index contributed by atoms with van der Waals surface area (Å²) in [5.74, 6) is 1.08. The molecule has 2 aromatic rings. The Morgan fingerprint density at radius 2 is 1.19 bits per heavy atom. The number of phenols is 2. The van der Waals surface area contributed by atoms with Crippen molar-refractivity contribution in [1.82, 2.24) is 0 Å². The van der Waals surface area contributed by atoms with Gasteiger partial charge in [-0.1, -0.05) is 60.6 Å². The van der Waals surface area contributed by atoms with Crippen molar-refractivity contribution in [2.45, 2.75) is 85.5 Å². The molecule has 0 bridgehead atoms. The summed E-state index contributed by atoms with van der Waals surface area (Å²) in [6.45, 7) is 19.2. The van der Waals surface area contributed by atoms with E-state index >= 15 is 0 Å². The van der Waals surface area contributed by atoms with Gasteiger partial charge in [0, 0.05) is 0 Å². The Bertz CT molecular complexity index is 833. The monoisotopic (exact) mass is 368 g/mol. The molecule has 27 heavy (non-hydrogen) atoms. The van der Waals surface area contributed by atoms with Gasteiger partial charge in [-0.05, 0) is 82.5 Å². The molecule has 0 aliphatic carbocycles. The lowest BCUT2D eigenvalue weighted by Gasteiger charge is -2.26. The van der Waals surface area contributed by atoms with Crippen molar-refractivity contribution in [2.75, 3.05) is 0 Å². The van der Waals surface area contributed by atoms with E-state index in [4.69, 9.17) is 0 Å². The number of rotatable bonds is 3. The first-order chi connectivity index (χ1) is 12.2. The first kappa shape index (κ1) is 21.3. The summed E-state index contributed by atoms with van der Waals surface area (Å²) in [7, 11) is 0. The van der Waals surface area contributed by atoms with Crippen LogP contribution in [-0.2, 0) is 17.3 Å². The second-order valence-electron chi connectivity index (χ2n) is 10.1. The number of aryl methyl sites for hydroxylation is 2. The number of benzene rings is 2. The summed E-state index contributed by atoms with van der Waals surface area (Å²) in [5, 5.41) is 20.8. The van der Waals surface area contributed by atoms with Crippen molar-refractivity contribution in [2.24, 2.45) is 0 Å². The third-order valence-corrected chi connectivity index (χ3v) is 5.51. The number of hydrogen-bond donors (Lipinski definition) is 2. The predicted octanol–water partition coefficient (Wildman–Crippen LogP) is 6.66. The molecule has 2 N–H and O–H groups in total. The van der Waals surface area contributed by atoms with E-state index in [0.717, 1.165) is 28.7 Å². The van der Waals surface area contributed by atoms with Crippen LogP contribution in [0.15, 0.2) is 24.3 Å². The fourth-order valence-electron chi connectivity index (χ4n) is 3.84. The van der Waals surface area contributed by atoms with E-state index in [9.17, 15) is 10.2 Å². The van der Waals surface area contributed by atoms with Crippen LogP contribution in [-0.4, -0.2) is 10.2 Å². The maximum atomic E-state index is 10.4. The summed E-state index contributed by atoms with van der Waals surface area (Å²) < 4.78 is 0. The van der Waals surface area contributed by atoms with Gasteiger partial charge in [-0.25, -0.2) is 0 Å². The quantitative estimate of drug-likeness (QED) is 0.636. The van der Waals surface area contributed by atoms with Gasteiger partial charge in [-0.15, -0.1) is 0 Å². The van der Waals surface area contributed by atoms with Gasteiger partial charge in [0.25, 0.3) is 0 Å². The highest BCUT2D eigenvalue weighted by Gasteiger charge is 2.23. The minimum absolute atomic E-state index is 0.0936. The highest BCUT2D eigenvalue weighted by Crippen LogP contribution is 2.38. The van der Waals surface area contributed by atoms with Gasteiger partial charge in [-0.3, -0.25) is 0 Å². The van der Waals surface area contributed by atoms with Crippen molar-refractivity contribution in [3.05, 3.63) is 57.6 Å². The zero-order valence-corrected chi connectivity index (χ0v) is 18.5. The minimum atomic E-state index is -0.0971. The third kappa shape index (κ3) is 4.66. The van der Waals surface area contributed by atoms with Crippen LogP contribution in [0.4, 0.5) is 0 Å². The lowest BCUT2D eigenvalue weighted by molar-refractivity contribution is 0.444. The van der Waals surface area contributed by atoms with Gasteiger partial charge < -0.3 is 10.2 Å². The Balaban J connectivity index is 2.45. The maximum Gasteiger partial charge on any atom is 0.119 e. The standard InChI is InChI=1S/C25H36O2/c1-15-11-22(26)20(24(4,5)6)13-18(15)10-16(2)19-14-21(25(7,8)9)23(27)12-17(19)3/h11-14,16,26-27H,10H2,1-9H3. The predicted molar refractivity (Wildman–Crippen MR) is 115 cm³/mol. The van der Waals surface area contributed by atoms with Crippen molar-refractivity contribution in [1.29, 1.82) is 0 Å². The maximum absolute atomic E-state index is 10.4. The molecule has 1 unspecified atom stereocenters. The van der Waals surface area contributed by atoms with Gasteiger partial charge in [-0.2, -0.15) is 0 Å². The van der Waals surface area contributed by atoms with Crippen LogP contribution in [0.3, 0.4) is 0 Å². The van der Waals surface area contributed by atoms with Crippen molar-refractivity contribution < 1.29 is 10.2 Å². The fraction of sp³-hybridized carbons (Fsp3) is 0.520. The van der Waals surface area contributed by atoms with Crippen molar-refractivity contribution >= 4 is 0 Å². The summed E-state index contributed by atoms with van der Waals surface area (Å²) in [4.78, 5) is 0. The molecule has 0 heterocycles. The Kier molecular flexibility index (Phi) is 5.71. The molecule has 0 saturated carbocycles. The van der Waals surface area contributed by atoms with Gasteiger partial charge in [0.1, 0.15) is 11.5 Å². The Morgan fingerprint density at radius 1 is 0.741 bits per heavy atom. The van der Waals surface area contributed by atoms with E-state index in [1.165, 1.54) is 11.1 Å². The molecule has 0 aliphatic rings. The molecule has 0 amide bonds. The number of phenolic OH excluding ortho intramolecular Hbond substituents is 2. The highest BCUT2D eigenvalue weighted by molar-refractivity contribution is 5.48. The van der Waals surface area contributed by atoms with Crippen molar-refractivity contribution in [3.8, 4) is 11.5 Å². The Labute approximate surface area is 165 Å². The Hall–Kier alpha value is -1.96. The van der Waals surface area contributed by atoms with E-state index in [-0.39, 0.29) is 10.8 Å². The smallest absolute Gasteiger partial charge is 0.119 e. The molecule has 0 aromatic heterocycles. The van der Waals surface area contributed by atoms with Crippen LogP contribution in [0.1, 0.15) is 87.8 Å². The first-order valence-corrected chi connectivity index (χ1v) is 9.88. The van der Waals surface area contributed by atoms with Crippen molar-refractivity contribution in [3.63, 3.8) is 0 Å². The van der Waals surface area contributed by atoms with Gasteiger partial charge in [0.05, 0.1) is 0 Å². The molecule has 0 saturated heterocycles. The fourth-order valence-corrected chi connectivity index (χ4v) is 3.84. The summed E-state index contributed by atoms with van der Waals surface area (Å²) in [5.41, 5.74) is 6.60. The summed E-state index contributed by atoms with van der Waals surface area (Å²) in [6, 6.07) is 8.14. The zero-order valence-electron chi connectivity index (χ0n) is 18.5. The van der Waals surface area contributed by atoms with E-state index < -0.39 is 0 Å². The van der Waals surface area contributed by atoms with Crippen LogP contribution >= 0.6 is 0 Å². The molecule has 1 atom stereocenters. The van der Waals surface area contributed by atoms with E-state index in [0.29, 0.717) is 17.4 Å². The minimum Gasteiger partial charge on any atom is -0.508 e. The molecule has 2 nitrogen and oxygen atoms in total. The average Bonchev–Trinajstić information content (AvgIpc) is 2.47. The van der Waals surface area contributed by atoms with E-state index in [1.807, 2.05) is 12.1 Å². The second kappa shape index (κ2) is 7.22. The molecule has 2 rings (SSSR count). The largest absolute Gasteiger partial charge is 0.508 e. The van der Waals surface area contributed by atoms with E-state index in [1.54, 1.807) is 0 Å². The number of hydrogen-bond acceptors (Lipinski definition) is 2. The Morgan fingerprint density at radius 3 is 1.67 bits per heavy atom. The van der Waals surface area contributed by atoms with Crippen LogP contribution in [0.5, 0.6) is 11.5 Å². The number of aromatic hydroxyl groups is 2. The SMILES string of the molecule is Cc1cc(O)c(C(C)(C)C)cc1CC(C)c1cc(C(C)(C)C)c(O)cc1C. The molecule has 148 valence electrons. The molecular weight excluding hydrogens is 332 g/mol. The molecule has 0 aliphatic heterocycles. The summed E-state index contributed by atoms with van der Waals surface area (Å²) in [6.07, 6.45) is 0.907.